The molecule has 1 aromatic carbocycles. The number of halogens is 1. The molecule has 0 amide bonds. The van der Waals surface area contributed by atoms with Crippen molar-refractivity contribution in [3.63, 3.8) is 0 Å². The molecule has 1 saturated heterocycles. The first-order valence-electron chi connectivity index (χ1n) is 6.87. The average Bonchev–Trinajstić information content (AvgIpc) is 2.99. The van der Waals surface area contributed by atoms with E-state index in [1.807, 2.05) is 0 Å². The molecule has 0 aliphatic carbocycles. The summed E-state index contributed by atoms with van der Waals surface area (Å²) in [6.45, 7) is 4.85. The van der Waals surface area contributed by atoms with E-state index >= 15 is 0 Å². The summed E-state index contributed by atoms with van der Waals surface area (Å²) in [5.74, 6) is 2.32. The first-order valence-corrected chi connectivity index (χ1v) is 7.41. The Bertz CT molecular complexity index is 573. The van der Waals surface area contributed by atoms with Crippen LogP contribution < -0.4 is 0 Å². The highest BCUT2D eigenvalue weighted by Crippen LogP contribution is 2.23. The molecule has 0 saturated carbocycles. The standard InChI is InChI=1S/C15H19ClN2O/c1-11-2-3-14-13(8-11)17-15(4-6-16)18(14)9-12-5-7-19-10-12/h2-3,8,12H,4-7,9-10H2,1H3. The van der Waals surface area contributed by atoms with Gasteiger partial charge in [0.2, 0.25) is 0 Å². The number of rotatable bonds is 4. The first-order chi connectivity index (χ1) is 9.28. The molecule has 2 aromatic rings. The molecule has 3 nitrogen and oxygen atoms in total. The molecule has 1 atom stereocenters. The minimum Gasteiger partial charge on any atom is -0.381 e. The average molecular weight is 279 g/mol. The Balaban J connectivity index is 2.00. The van der Waals surface area contributed by atoms with Crippen LogP contribution in [0, 0.1) is 12.8 Å². The summed E-state index contributed by atoms with van der Waals surface area (Å²) in [4.78, 5) is 4.74. The zero-order valence-electron chi connectivity index (χ0n) is 11.2. The molecule has 1 aliphatic rings. The van der Waals surface area contributed by atoms with Gasteiger partial charge in [0, 0.05) is 31.4 Å². The van der Waals surface area contributed by atoms with Gasteiger partial charge in [0.1, 0.15) is 5.82 Å². The van der Waals surface area contributed by atoms with Crippen molar-refractivity contribution in [3.8, 4) is 0 Å². The summed E-state index contributed by atoms with van der Waals surface area (Å²) in [5.41, 5.74) is 3.55. The van der Waals surface area contributed by atoms with Crippen molar-refractivity contribution >= 4 is 22.6 Å². The fourth-order valence-corrected chi connectivity index (χ4v) is 2.92. The molecule has 0 bridgehead atoms. The molecule has 4 heteroatoms. The quantitative estimate of drug-likeness (QED) is 0.804. The van der Waals surface area contributed by atoms with Gasteiger partial charge in [-0.25, -0.2) is 4.98 Å². The predicted octanol–water partition coefficient (Wildman–Crippen LogP) is 3.16. The Labute approximate surface area is 118 Å². The highest BCUT2D eigenvalue weighted by atomic mass is 35.5. The maximum Gasteiger partial charge on any atom is 0.111 e. The molecule has 0 N–H and O–H groups in total. The van der Waals surface area contributed by atoms with E-state index < -0.39 is 0 Å². The number of alkyl halides is 1. The second-order valence-corrected chi connectivity index (χ2v) is 5.68. The molecule has 3 rings (SSSR count). The largest absolute Gasteiger partial charge is 0.381 e. The van der Waals surface area contributed by atoms with E-state index in [0.717, 1.165) is 43.9 Å². The summed E-state index contributed by atoms with van der Waals surface area (Å²) < 4.78 is 7.81. The number of imidazole rings is 1. The third-order valence-corrected chi connectivity index (χ3v) is 3.95. The van der Waals surface area contributed by atoms with Gasteiger partial charge in [0.15, 0.2) is 0 Å². The molecular formula is C15H19ClN2O. The van der Waals surface area contributed by atoms with Crippen LogP contribution in [0.5, 0.6) is 0 Å². The first kappa shape index (κ1) is 12.9. The Kier molecular flexibility index (Phi) is 3.76. The number of hydrogen-bond donors (Lipinski definition) is 0. The lowest BCUT2D eigenvalue weighted by Crippen LogP contribution is -2.13. The minimum atomic E-state index is 0.604. The third-order valence-electron chi connectivity index (χ3n) is 3.77. The van der Waals surface area contributed by atoms with E-state index in [2.05, 4.69) is 29.7 Å². The molecule has 1 fully saturated rings. The van der Waals surface area contributed by atoms with E-state index in [-0.39, 0.29) is 0 Å². The van der Waals surface area contributed by atoms with E-state index in [0.29, 0.717) is 11.8 Å². The molecule has 0 spiro atoms. The van der Waals surface area contributed by atoms with Crippen LogP contribution in [0.25, 0.3) is 11.0 Å². The lowest BCUT2D eigenvalue weighted by Gasteiger charge is -2.12. The Morgan fingerprint density at radius 2 is 2.37 bits per heavy atom. The molecular weight excluding hydrogens is 260 g/mol. The van der Waals surface area contributed by atoms with Crippen LogP contribution in [0.2, 0.25) is 0 Å². The van der Waals surface area contributed by atoms with Crippen molar-refractivity contribution in [1.82, 2.24) is 9.55 Å². The highest BCUT2D eigenvalue weighted by Gasteiger charge is 2.19. The third kappa shape index (κ3) is 2.63. The topological polar surface area (TPSA) is 27.1 Å². The normalized spacial score (nSPS) is 19.4. The summed E-state index contributed by atoms with van der Waals surface area (Å²) in [6.07, 6.45) is 1.97. The fraction of sp³-hybridized carbons (Fsp3) is 0.533. The van der Waals surface area contributed by atoms with Crippen molar-refractivity contribution in [3.05, 3.63) is 29.6 Å². The molecule has 1 aromatic heterocycles. The second-order valence-electron chi connectivity index (χ2n) is 5.30. The number of ether oxygens (including phenoxy) is 1. The maximum atomic E-state index is 5.91. The van der Waals surface area contributed by atoms with Crippen molar-refractivity contribution < 1.29 is 4.74 Å². The van der Waals surface area contributed by atoms with Crippen LogP contribution in [-0.2, 0) is 17.7 Å². The lowest BCUT2D eigenvalue weighted by atomic mass is 10.1. The smallest absolute Gasteiger partial charge is 0.111 e. The van der Waals surface area contributed by atoms with Gasteiger partial charge < -0.3 is 9.30 Å². The number of aryl methyl sites for hydroxylation is 2. The van der Waals surface area contributed by atoms with Crippen LogP contribution in [-0.4, -0.2) is 28.6 Å². The van der Waals surface area contributed by atoms with Crippen LogP contribution in [0.3, 0.4) is 0 Å². The Morgan fingerprint density at radius 3 is 3.11 bits per heavy atom. The fourth-order valence-electron chi connectivity index (χ4n) is 2.75. The Morgan fingerprint density at radius 1 is 1.47 bits per heavy atom. The summed E-state index contributed by atoms with van der Waals surface area (Å²) in [5, 5.41) is 0. The molecule has 19 heavy (non-hydrogen) atoms. The molecule has 1 aliphatic heterocycles. The van der Waals surface area contributed by atoms with E-state index in [9.17, 15) is 0 Å². The minimum absolute atomic E-state index is 0.604. The SMILES string of the molecule is Cc1ccc2c(c1)nc(CCCl)n2CC1CCOC1. The number of aromatic nitrogens is 2. The highest BCUT2D eigenvalue weighted by molar-refractivity contribution is 6.17. The molecule has 102 valence electrons. The number of nitrogens with zero attached hydrogens (tertiary/aromatic N) is 2. The Hall–Kier alpha value is -1.06. The van der Waals surface area contributed by atoms with Gasteiger partial charge in [-0.2, -0.15) is 0 Å². The van der Waals surface area contributed by atoms with E-state index in [1.54, 1.807) is 0 Å². The van der Waals surface area contributed by atoms with Crippen molar-refractivity contribution in [1.29, 1.82) is 0 Å². The zero-order chi connectivity index (χ0) is 13.2. The number of hydrogen-bond acceptors (Lipinski definition) is 2. The van der Waals surface area contributed by atoms with Gasteiger partial charge in [0.05, 0.1) is 17.6 Å². The maximum absolute atomic E-state index is 5.91. The molecule has 2 heterocycles. The predicted molar refractivity (Wildman–Crippen MR) is 77.8 cm³/mol. The second kappa shape index (κ2) is 5.51. The zero-order valence-corrected chi connectivity index (χ0v) is 12.0. The van der Waals surface area contributed by atoms with E-state index in [4.69, 9.17) is 21.3 Å². The van der Waals surface area contributed by atoms with Gasteiger partial charge in [-0.15, -0.1) is 11.6 Å². The van der Waals surface area contributed by atoms with Crippen LogP contribution in [0.15, 0.2) is 18.2 Å². The number of benzene rings is 1. The number of fused-ring (bicyclic) bond motifs is 1. The summed E-state index contributed by atoms with van der Waals surface area (Å²) >= 11 is 5.91. The monoisotopic (exact) mass is 278 g/mol. The molecule has 0 radical (unpaired) electrons. The van der Waals surface area contributed by atoms with Crippen LogP contribution in [0.4, 0.5) is 0 Å². The van der Waals surface area contributed by atoms with Crippen LogP contribution >= 0.6 is 11.6 Å². The van der Waals surface area contributed by atoms with Crippen molar-refractivity contribution in [2.75, 3.05) is 19.1 Å². The van der Waals surface area contributed by atoms with E-state index in [1.165, 1.54) is 11.1 Å². The van der Waals surface area contributed by atoms with Gasteiger partial charge >= 0.3 is 0 Å². The van der Waals surface area contributed by atoms with Crippen molar-refractivity contribution in [2.24, 2.45) is 5.92 Å². The van der Waals surface area contributed by atoms with Gasteiger partial charge in [-0.1, -0.05) is 6.07 Å². The van der Waals surface area contributed by atoms with Gasteiger partial charge in [-0.3, -0.25) is 0 Å². The van der Waals surface area contributed by atoms with Crippen LogP contribution in [0.1, 0.15) is 17.8 Å². The van der Waals surface area contributed by atoms with Crippen molar-refractivity contribution in [2.45, 2.75) is 26.3 Å². The summed E-state index contributed by atoms with van der Waals surface area (Å²) in [7, 11) is 0. The van der Waals surface area contributed by atoms with Gasteiger partial charge in [-0.05, 0) is 31.0 Å². The summed E-state index contributed by atoms with van der Waals surface area (Å²) in [6, 6.07) is 6.47. The molecule has 1 unspecified atom stereocenters. The van der Waals surface area contributed by atoms with Gasteiger partial charge in [0.25, 0.3) is 0 Å². The lowest BCUT2D eigenvalue weighted by molar-refractivity contribution is 0.182.